The van der Waals surface area contributed by atoms with Crippen molar-refractivity contribution in [2.24, 2.45) is 13.0 Å². The molecule has 0 spiro atoms. The highest BCUT2D eigenvalue weighted by Crippen LogP contribution is 2.43. The zero-order valence-corrected chi connectivity index (χ0v) is 14.8. The number of hydrogen-bond acceptors (Lipinski definition) is 5. The summed E-state index contributed by atoms with van der Waals surface area (Å²) in [6.45, 7) is 0.675. The van der Waals surface area contributed by atoms with E-state index in [2.05, 4.69) is 26.3 Å². The van der Waals surface area contributed by atoms with Gasteiger partial charge in [-0.1, -0.05) is 0 Å². The Morgan fingerprint density at radius 2 is 2.19 bits per heavy atom. The monoisotopic (exact) mass is 350 g/mol. The van der Waals surface area contributed by atoms with Crippen LogP contribution in [0.1, 0.15) is 43.1 Å². The van der Waals surface area contributed by atoms with Gasteiger partial charge in [0.2, 0.25) is 5.91 Å². The number of carbonyl (C=O) groups is 1. The first-order valence-corrected chi connectivity index (χ1v) is 9.05. The Morgan fingerprint density at radius 1 is 1.35 bits per heavy atom. The molecule has 134 valence electrons. The van der Waals surface area contributed by atoms with Gasteiger partial charge in [-0.05, 0) is 25.3 Å². The fraction of sp³-hybridized carbons (Fsp3) is 0.474. The quantitative estimate of drug-likeness (QED) is 0.894. The molecular weight excluding hydrogens is 328 g/mol. The number of carbonyl (C=O) groups excluding carboxylic acids is 1. The van der Waals surface area contributed by atoms with Crippen molar-refractivity contribution in [3.8, 4) is 6.07 Å². The van der Waals surface area contributed by atoms with Crippen LogP contribution in [0.5, 0.6) is 0 Å². The molecule has 1 aliphatic carbocycles. The van der Waals surface area contributed by atoms with Crippen LogP contribution in [-0.2, 0) is 11.8 Å². The fourth-order valence-electron chi connectivity index (χ4n) is 3.85. The Kier molecular flexibility index (Phi) is 4.33. The molecule has 0 aromatic carbocycles. The van der Waals surface area contributed by atoms with Crippen LogP contribution < -0.4 is 5.32 Å². The molecule has 1 amide bonds. The first-order valence-electron chi connectivity index (χ1n) is 9.05. The first-order chi connectivity index (χ1) is 12.7. The minimum atomic E-state index is -0.0292. The third-order valence-corrected chi connectivity index (χ3v) is 5.32. The summed E-state index contributed by atoms with van der Waals surface area (Å²) in [6, 6.07) is 4.22. The highest BCUT2D eigenvalue weighted by molar-refractivity contribution is 5.78. The van der Waals surface area contributed by atoms with Crippen LogP contribution in [0.25, 0.3) is 0 Å². The van der Waals surface area contributed by atoms with Gasteiger partial charge < -0.3 is 14.8 Å². The van der Waals surface area contributed by atoms with E-state index in [1.54, 1.807) is 24.7 Å². The van der Waals surface area contributed by atoms with Crippen molar-refractivity contribution in [1.82, 2.24) is 19.4 Å². The Morgan fingerprint density at radius 3 is 2.88 bits per heavy atom. The van der Waals surface area contributed by atoms with Crippen LogP contribution in [0.15, 0.2) is 30.9 Å². The zero-order valence-electron chi connectivity index (χ0n) is 14.8. The fourth-order valence-corrected chi connectivity index (χ4v) is 3.85. The third kappa shape index (κ3) is 3.03. The summed E-state index contributed by atoms with van der Waals surface area (Å²) in [5.74, 6) is 1.40. The molecule has 2 atom stereocenters. The molecule has 0 unspecified atom stereocenters. The van der Waals surface area contributed by atoms with Crippen molar-refractivity contribution in [3.63, 3.8) is 0 Å². The van der Waals surface area contributed by atoms with Gasteiger partial charge in [-0.3, -0.25) is 9.78 Å². The number of nitriles is 1. The Balaban J connectivity index is 1.60. The lowest BCUT2D eigenvalue weighted by Gasteiger charge is -2.41. The average Bonchev–Trinajstić information content (AvgIpc) is 3.41. The summed E-state index contributed by atoms with van der Waals surface area (Å²) in [5.41, 5.74) is 1.32. The number of aryl methyl sites for hydroxylation is 1. The lowest BCUT2D eigenvalue weighted by Crippen LogP contribution is -2.46. The second-order valence-corrected chi connectivity index (χ2v) is 7.09. The molecule has 2 fully saturated rings. The summed E-state index contributed by atoms with van der Waals surface area (Å²) >= 11 is 0. The van der Waals surface area contributed by atoms with Crippen LogP contribution in [0.4, 0.5) is 5.69 Å². The van der Waals surface area contributed by atoms with E-state index in [9.17, 15) is 10.1 Å². The number of nitrogens with zero attached hydrogens (tertiary/aromatic N) is 5. The second-order valence-electron chi connectivity index (χ2n) is 7.09. The second kappa shape index (κ2) is 6.79. The lowest BCUT2D eigenvalue weighted by atomic mass is 9.87. The number of likely N-dealkylation sites (tertiary alicyclic amines) is 1. The lowest BCUT2D eigenvalue weighted by molar-refractivity contribution is -0.140. The van der Waals surface area contributed by atoms with E-state index < -0.39 is 0 Å². The van der Waals surface area contributed by atoms with E-state index in [1.165, 1.54) is 0 Å². The van der Waals surface area contributed by atoms with Crippen molar-refractivity contribution in [2.75, 3.05) is 11.9 Å². The van der Waals surface area contributed by atoms with E-state index in [1.807, 2.05) is 17.8 Å². The van der Waals surface area contributed by atoms with Crippen LogP contribution in [-0.4, -0.2) is 37.9 Å². The summed E-state index contributed by atoms with van der Waals surface area (Å²) in [4.78, 5) is 23.4. The molecule has 26 heavy (non-hydrogen) atoms. The van der Waals surface area contributed by atoms with Crippen molar-refractivity contribution < 1.29 is 4.79 Å². The number of piperidine rings is 1. The third-order valence-electron chi connectivity index (χ3n) is 5.32. The number of pyridine rings is 1. The predicted molar refractivity (Wildman–Crippen MR) is 96.0 cm³/mol. The number of anilines is 1. The Labute approximate surface area is 152 Å². The molecule has 7 heteroatoms. The summed E-state index contributed by atoms with van der Waals surface area (Å²) in [5, 5.41) is 12.6. The molecule has 7 nitrogen and oxygen atoms in total. The van der Waals surface area contributed by atoms with E-state index in [-0.39, 0.29) is 17.9 Å². The highest BCUT2D eigenvalue weighted by atomic mass is 16.2. The summed E-state index contributed by atoms with van der Waals surface area (Å²) in [7, 11) is 1.98. The van der Waals surface area contributed by atoms with Gasteiger partial charge in [-0.2, -0.15) is 5.26 Å². The van der Waals surface area contributed by atoms with E-state index in [0.717, 1.165) is 30.8 Å². The summed E-state index contributed by atoms with van der Waals surface area (Å²) in [6.07, 6.45) is 10.6. The molecule has 1 aliphatic heterocycles. The van der Waals surface area contributed by atoms with Crippen LogP contribution in [0, 0.1) is 17.2 Å². The number of hydrogen-bond donors (Lipinski definition) is 1. The minimum absolute atomic E-state index is 0.0292. The molecule has 2 aromatic rings. The van der Waals surface area contributed by atoms with Gasteiger partial charge in [-0.15, -0.1) is 0 Å². The van der Waals surface area contributed by atoms with Gasteiger partial charge in [0.25, 0.3) is 0 Å². The Bertz CT molecular complexity index is 850. The SMILES string of the molecule is Cn1ccnc1[C@@H]1[C@@H](CNc2cnccc2C#N)CCC(=O)N1C1CC1. The largest absolute Gasteiger partial charge is 0.382 e. The predicted octanol–water partition coefficient (Wildman–Crippen LogP) is 2.24. The molecule has 1 saturated carbocycles. The van der Waals surface area contributed by atoms with Gasteiger partial charge in [0.05, 0.1) is 23.5 Å². The van der Waals surface area contributed by atoms with Gasteiger partial charge in [0, 0.05) is 50.6 Å². The molecule has 4 rings (SSSR count). The molecule has 2 aromatic heterocycles. The Hall–Kier alpha value is -2.88. The normalized spacial score (nSPS) is 22.9. The molecule has 0 radical (unpaired) electrons. The first kappa shape index (κ1) is 16.6. The maximum atomic E-state index is 12.6. The van der Waals surface area contributed by atoms with Crippen molar-refractivity contribution >= 4 is 11.6 Å². The standard InChI is InChI=1S/C19H22N6O/c1-24-9-8-22-19(24)18-14(2-5-17(26)25(18)15-3-4-15)11-23-16-12-21-7-6-13(16)10-20/h6-9,12,14-15,18,23H,2-5,11H2,1H3/t14-,18+/m1/s1. The number of rotatable bonds is 5. The maximum Gasteiger partial charge on any atom is 0.223 e. The smallest absolute Gasteiger partial charge is 0.223 e. The van der Waals surface area contributed by atoms with E-state index >= 15 is 0 Å². The average molecular weight is 350 g/mol. The highest BCUT2D eigenvalue weighted by Gasteiger charge is 2.45. The van der Waals surface area contributed by atoms with Crippen molar-refractivity contribution in [3.05, 3.63) is 42.2 Å². The minimum Gasteiger partial charge on any atom is -0.382 e. The summed E-state index contributed by atoms with van der Waals surface area (Å²) < 4.78 is 2.01. The van der Waals surface area contributed by atoms with Gasteiger partial charge >= 0.3 is 0 Å². The zero-order chi connectivity index (χ0) is 18.1. The number of amides is 1. The molecule has 2 aliphatic rings. The molecular formula is C19H22N6O. The molecule has 1 N–H and O–H groups in total. The van der Waals surface area contributed by atoms with Crippen LogP contribution in [0.3, 0.4) is 0 Å². The molecule has 3 heterocycles. The number of aromatic nitrogens is 3. The van der Waals surface area contributed by atoms with Crippen LogP contribution in [0.2, 0.25) is 0 Å². The maximum absolute atomic E-state index is 12.6. The van der Waals surface area contributed by atoms with Crippen LogP contribution >= 0.6 is 0 Å². The van der Waals surface area contributed by atoms with E-state index in [4.69, 9.17) is 0 Å². The number of imidazole rings is 1. The molecule has 1 saturated heterocycles. The van der Waals surface area contributed by atoms with Gasteiger partial charge in [-0.25, -0.2) is 4.98 Å². The van der Waals surface area contributed by atoms with E-state index in [0.29, 0.717) is 24.6 Å². The molecule has 0 bridgehead atoms. The van der Waals surface area contributed by atoms with Gasteiger partial charge in [0.1, 0.15) is 11.9 Å². The van der Waals surface area contributed by atoms with Crippen molar-refractivity contribution in [1.29, 1.82) is 5.26 Å². The topological polar surface area (TPSA) is 86.8 Å². The number of nitrogens with one attached hydrogen (secondary N) is 1. The van der Waals surface area contributed by atoms with Gasteiger partial charge in [0.15, 0.2) is 0 Å². The van der Waals surface area contributed by atoms with Crippen molar-refractivity contribution in [2.45, 2.75) is 37.8 Å².